The molecule has 2 nitrogen and oxygen atoms in total. The number of fused-ring (bicyclic) bond motifs is 1. The molecule has 2 aromatic carbocycles. The van der Waals surface area contributed by atoms with Crippen molar-refractivity contribution in [3.8, 4) is 0 Å². The van der Waals surface area contributed by atoms with Crippen LogP contribution in [0.25, 0.3) is 10.9 Å². The molecule has 0 radical (unpaired) electrons. The first-order valence-electron chi connectivity index (χ1n) is 6.00. The van der Waals surface area contributed by atoms with E-state index in [9.17, 15) is 13.6 Å². The Labute approximate surface area is 113 Å². The third-order valence-electron chi connectivity index (χ3n) is 3.04. The van der Waals surface area contributed by atoms with Crippen molar-refractivity contribution >= 4 is 16.7 Å². The van der Waals surface area contributed by atoms with Gasteiger partial charge in [-0.3, -0.25) is 9.78 Å². The Balaban J connectivity index is 2.10. The predicted octanol–water partition coefficient (Wildman–Crippen LogP) is 3.74. The molecule has 3 rings (SSSR count). The molecule has 0 atom stereocenters. The maximum absolute atomic E-state index is 13.6. The molecule has 0 aliphatic heterocycles. The second-order valence-electron chi connectivity index (χ2n) is 4.36. The third-order valence-corrected chi connectivity index (χ3v) is 3.04. The van der Waals surface area contributed by atoms with Gasteiger partial charge in [0.25, 0.3) is 0 Å². The van der Waals surface area contributed by atoms with E-state index in [1.807, 2.05) is 6.07 Å². The lowest BCUT2D eigenvalue weighted by atomic mass is 10.0. The minimum absolute atomic E-state index is 0.278. The summed E-state index contributed by atoms with van der Waals surface area (Å²) in [4.78, 5) is 16.4. The molecule has 0 bridgehead atoms. The second kappa shape index (κ2) is 4.81. The standard InChI is InChI=1S/C16H9F2NO/c17-12-5-6-14(18)13(9-12)16(20)11-4-3-10-2-1-7-19-15(10)8-11/h1-9H. The number of aromatic nitrogens is 1. The summed E-state index contributed by atoms with van der Waals surface area (Å²) >= 11 is 0. The molecule has 0 fully saturated rings. The summed E-state index contributed by atoms with van der Waals surface area (Å²) in [7, 11) is 0. The van der Waals surface area contributed by atoms with Gasteiger partial charge in [-0.2, -0.15) is 0 Å². The lowest BCUT2D eigenvalue weighted by molar-refractivity contribution is 0.103. The maximum atomic E-state index is 13.6. The third kappa shape index (κ3) is 2.16. The topological polar surface area (TPSA) is 30.0 Å². The van der Waals surface area contributed by atoms with Gasteiger partial charge in [0.05, 0.1) is 11.1 Å². The van der Waals surface area contributed by atoms with E-state index in [1.54, 1.807) is 30.5 Å². The van der Waals surface area contributed by atoms with Crippen LogP contribution in [0, 0.1) is 11.6 Å². The van der Waals surface area contributed by atoms with Crippen LogP contribution in [0.5, 0.6) is 0 Å². The molecule has 4 heteroatoms. The van der Waals surface area contributed by atoms with E-state index in [0.29, 0.717) is 5.52 Å². The molecule has 0 unspecified atom stereocenters. The monoisotopic (exact) mass is 269 g/mol. The van der Waals surface area contributed by atoms with Crippen molar-refractivity contribution in [3.05, 3.63) is 77.5 Å². The molecule has 98 valence electrons. The molecule has 0 N–H and O–H groups in total. The Bertz CT molecular complexity index is 814. The van der Waals surface area contributed by atoms with Crippen LogP contribution in [0.1, 0.15) is 15.9 Å². The number of pyridine rings is 1. The van der Waals surface area contributed by atoms with Crippen molar-refractivity contribution in [2.24, 2.45) is 0 Å². The highest BCUT2D eigenvalue weighted by molar-refractivity contribution is 6.10. The average molecular weight is 269 g/mol. The fourth-order valence-electron chi connectivity index (χ4n) is 2.03. The summed E-state index contributed by atoms with van der Waals surface area (Å²) in [6, 6.07) is 11.4. The van der Waals surface area contributed by atoms with E-state index in [2.05, 4.69) is 4.98 Å². The largest absolute Gasteiger partial charge is 0.288 e. The van der Waals surface area contributed by atoms with Gasteiger partial charge >= 0.3 is 0 Å². The lowest BCUT2D eigenvalue weighted by Gasteiger charge is -2.04. The molecular weight excluding hydrogens is 260 g/mol. The Morgan fingerprint density at radius 2 is 1.85 bits per heavy atom. The normalized spacial score (nSPS) is 10.7. The van der Waals surface area contributed by atoms with E-state index < -0.39 is 17.4 Å². The Hall–Kier alpha value is -2.62. The van der Waals surface area contributed by atoms with Crippen molar-refractivity contribution in [2.75, 3.05) is 0 Å². The van der Waals surface area contributed by atoms with E-state index in [-0.39, 0.29) is 11.1 Å². The van der Waals surface area contributed by atoms with E-state index >= 15 is 0 Å². The SMILES string of the molecule is O=C(c1ccc2cccnc2c1)c1cc(F)ccc1F. The number of halogens is 2. The number of carbonyl (C=O) groups excluding carboxylic acids is 1. The first-order valence-corrected chi connectivity index (χ1v) is 6.00. The lowest BCUT2D eigenvalue weighted by Crippen LogP contribution is -2.05. The molecule has 3 aromatic rings. The first-order chi connectivity index (χ1) is 9.65. The highest BCUT2D eigenvalue weighted by Gasteiger charge is 2.15. The number of hydrogen-bond acceptors (Lipinski definition) is 2. The number of rotatable bonds is 2. The number of nitrogens with zero attached hydrogens (tertiary/aromatic N) is 1. The summed E-state index contributed by atoms with van der Waals surface area (Å²) in [6.07, 6.45) is 1.61. The summed E-state index contributed by atoms with van der Waals surface area (Å²) in [5.74, 6) is -1.94. The summed E-state index contributed by atoms with van der Waals surface area (Å²) in [5, 5.41) is 0.878. The first kappa shape index (κ1) is 12.4. The zero-order valence-electron chi connectivity index (χ0n) is 10.3. The van der Waals surface area contributed by atoms with E-state index in [4.69, 9.17) is 0 Å². The molecule has 0 aliphatic carbocycles. The smallest absolute Gasteiger partial charge is 0.196 e. The number of hydrogen-bond donors (Lipinski definition) is 0. The molecule has 0 amide bonds. The van der Waals surface area contributed by atoms with Gasteiger partial charge in [0.1, 0.15) is 11.6 Å². The second-order valence-corrected chi connectivity index (χ2v) is 4.36. The number of ketones is 1. The zero-order chi connectivity index (χ0) is 14.1. The van der Waals surface area contributed by atoms with Crippen LogP contribution in [-0.4, -0.2) is 10.8 Å². The summed E-state index contributed by atoms with van der Waals surface area (Å²) < 4.78 is 26.8. The molecule has 1 heterocycles. The van der Waals surface area contributed by atoms with Gasteiger partial charge in [0, 0.05) is 17.1 Å². The van der Waals surface area contributed by atoms with E-state index in [1.165, 1.54) is 0 Å². The molecule has 20 heavy (non-hydrogen) atoms. The maximum Gasteiger partial charge on any atom is 0.196 e. The van der Waals surface area contributed by atoms with Crippen molar-refractivity contribution in [1.82, 2.24) is 4.98 Å². The van der Waals surface area contributed by atoms with Crippen molar-refractivity contribution in [3.63, 3.8) is 0 Å². The Morgan fingerprint density at radius 1 is 1.00 bits per heavy atom. The van der Waals surface area contributed by atoms with Gasteiger partial charge in [-0.15, -0.1) is 0 Å². The fourth-order valence-corrected chi connectivity index (χ4v) is 2.03. The predicted molar refractivity (Wildman–Crippen MR) is 71.5 cm³/mol. The highest BCUT2D eigenvalue weighted by Crippen LogP contribution is 2.18. The fraction of sp³-hybridized carbons (Fsp3) is 0. The summed E-state index contributed by atoms with van der Waals surface area (Å²) in [5.41, 5.74) is 0.635. The minimum atomic E-state index is -0.738. The van der Waals surface area contributed by atoms with Crippen LogP contribution in [0.4, 0.5) is 8.78 Å². The van der Waals surface area contributed by atoms with Gasteiger partial charge in [0.15, 0.2) is 5.78 Å². The Morgan fingerprint density at radius 3 is 2.70 bits per heavy atom. The molecule has 0 aliphatic rings. The van der Waals surface area contributed by atoms with Gasteiger partial charge in [0.2, 0.25) is 0 Å². The highest BCUT2D eigenvalue weighted by atomic mass is 19.1. The Kier molecular flexibility index (Phi) is 2.99. The molecule has 0 saturated carbocycles. The van der Waals surface area contributed by atoms with Crippen molar-refractivity contribution in [2.45, 2.75) is 0 Å². The quantitative estimate of drug-likeness (QED) is 0.663. The van der Waals surface area contributed by atoms with E-state index in [0.717, 1.165) is 23.6 Å². The molecule has 0 spiro atoms. The van der Waals surface area contributed by atoms with Crippen LogP contribution in [-0.2, 0) is 0 Å². The van der Waals surface area contributed by atoms with Crippen molar-refractivity contribution in [1.29, 1.82) is 0 Å². The van der Waals surface area contributed by atoms with Gasteiger partial charge in [-0.1, -0.05) is 18.2 Å². The molecule has 0 saturated heterocycles. The average Bonchev–Trinajstić information content (AvgIpc) is 2.48. The number of carbonyl (C=O) groups is 1. The minimum Gasteiger partial charge on any atom is -0.288 e. The summed E-state index contributed by atoms with van der Waals surface area (Å²) in [6.45, 7) is 0. The van der Waals surface area contributed by atoms with Crippen LogP contribution in [0.15, 0.2) is 54.7 Å². The number of benzene rings is 2. The molecular formula is C16H9F2NO. The molecule has 1 aromatic heterocycles. The van der Waals surface area contributed by atoms with Crippen LogP contribution in [0.3, 0.4) is 0 Å². The van der Waals surface area contributed by atoms with Gasteiger partial charge in [-0.25, -0.2) is 8.78 Å². The zero-order valence-corrected chi connectivity index (χ0v) is 10.3. The van der Waals surface area contributed by atoms with Gasteiger partial charge < -0.3 is 0 Å². The van der Waals surface area contributed by atoms with Crippen molar-refractivity contribution < 1.29 is 13.6 Å². The van der Waals surface area contributed by atoms with Gasteiger partial charge in [-0.05, 0) is 30.3 Å². The van der Waals surface area contributed by atoms with Crippen LogP contribution < -0.4 is 0 Å². The van der Waals surface area contributed by atoms with Crippen LogP contribution in [0.2, 0.25) is 0 Å². The van der Waals surface area contributed by atoms with Crippen LogP contribution >= 0.6 is 0 Å².